The van der Waals surface area contributed by atoms with Crippen LogP contribution in [0.4, 0.5) is 5.13 Å². The predicted octanol–water partition coefficient (Wildman–Crippen LogP) is 3.70. The molecule has 1 fully saturated rings. The first-order valence-corrected chi connectivity index (χ1v) is 6.87. The molecule has 0 spiro atoms. The van der Waals surface area contributed by atoms with E-state index >= 15 is 0 Å². The second kappa shape index (κ2) is 4.97. The van der Waals surface area contributed by atoms with Crippen LogP contribution in [-0.2, 0) is 6.42 Å². The van der Waals surface area contributed by atoms with Crippen LogP contribution in [0.15, 0.2) is 5.38 Å². The monoisotopic (exact) mass is 224 g/mol. The van der Waals surface area contributed by atoms with E-state index in [2.05, 4.69) is 29.5 Å². The first kappa shape index (κ1) is 10.9. The first-order chi connectivity index (χ1) is 7.28. The average molecular weight is 224 g/mol. The third-order valence-electron chi connectivity index (χ3n) is 3.18. The number of thiazole rings is 1. The van der Waals surface area contributed by atoms with Crippen molar-refractivity contribution in [1.29, 1.82) is 0 Å². The minimum absolute atomic E-state index is 0.657. The van der Waals surface area contributed by atoms with Crippen LogP contribution < -0.4 is 5.32 Å². The van der Waals surface area contributed by atoms with E-state index in [4.69, 9.17) is 0 Å². The topological polar surface area (TPSA) is 24.9 Å². The van der Waals surface area contributed by atoms with Crippen molar-refractivity contribution in [3.8, 4) is 0 Å². The Labute approximate surface area is 96.1 Å². The molecule has 0 radical (unpaired) electrons. The second-order valence-corrected chi connectivity index (χ2v) is 5.47. The molecule has 1 aliphatic rings. The van der Waals surface area contributed by atoms with E-state index in [1.54, 1.807) is 11.3 Å². The van der Waals surface area contributed by atoms with E-state index in [0.717, 1.165) is 17.5 Å². The molecule has 0 aromatic carbocycles. The summed E-state index contributed by atoms with van der Waals surface area (Å²) in [5.41, 5.74) is 1.21. The molecule has 1 saturated carbocycles. The molecule has 2 rings (SSSR count). The Kier molecular flexibility index (Phi) is 3.62. The Bertz CT molecular complexity index is 308. The summed E-state index contributed by atoms with van der Waals surface area (Å²) in [6.45, 7) is 4.51. The van der Waals surface area contributed by atoms with Crippen LogP contribution in [0.5, 0.6) is 0 Å². The molecule has 1 aromatic rings. The van der Waals surface area contributed by atoms with Crippen LogP contribution >= 0.6 is 11.3 Å². The van der Waals surface area contributed by atoms with Crippen molar-refractivity contribution in [2.45, 2.75) is 52.0 Å². The Morgan fingerprint density at radius 1 is 1.53 bits per heavy atom. The largest absolute Gasteiger partial charge is 0.359 e. The van der Waals surface area contributed by atoms with E-state index < -0.39 is 0 Å². The SMILES string of the molecule is CCc1csc(NC2CCCC(C)C2)n1. The average Bonchev–Trinajstić information content (AvgIpc) is 2.65. The summed E-state index contributed by atoms with van der Waals surface area (Å²) in [5.74, 6) is 0.877. The number of hydrogen-bond donors (Lipinski definition) is 1. The highest BCUT2D eigenvalue weighted by atomic mass is 32.1. The van der Waals surface area contributed by atoms with Crippen LogP contribution in [-0.4, -0.2) is 11.0 Å². The predicted molar refractivity (Wildman–Crippen MR) is 66.5 cm³/mol. The lowest BCUT2D eigenvalue weighted by atomic mass is 9.87. The van der Waals surface area contributed by atoms with Crippen molar-refractivity contribution in [3.05, 3.63) is 11.1 Å². The fourth-order valence-corrected chi connectivity index (χ4v) is 3.15. The number of nitrogens with zero attached hydrogens (tertiary/aromatic N) is 1. The lowest BCUT2D eigenvalue weighted by Crippen LogP contribution is -2.26. The van der Waals surface area contributed by atoms with E-state index in [-0.39, 0.29) is 0 Å². The summed E-state index contributed by atoms with van der Waals surface area (Å²) in [6, 6.07) is 0.657. The Morgan fingerprint density at radius 3 is 3.07 bits per heavy atom. The molecule has 2 unspecified atom stereocenters. The summed E-state index contributed by atoms with van der Waals surface area (Å²) >= 11 is 1.75. The smallest absolute Gasteiger partial charge is 0.183 e. The van der Waals surface area contributed by atoms with Crippen molar-refractivity contribution in [2.75, 3.05) is 5.32 Å². The van der Waals surface area contributed by atoms with Gasteiger partial charge in [-0.15, -0.1) is 11.3 Å². The minimum atomic E-state index is 0.657. The zero-order valence-electron chi connectivity index (χ0n) is 9.62. The van der Waals surface area contributed by atoms with Gasteiger partial charge in [0.05, 0.1) is 5.69 Å². The van der Waals surface area contributed by atoms with Gasteiger partial charge in [0, 0.05) is 11.4 Å². The number of aryl methyl sites for hydroxylation is 1. The first-order valence-electron chi connectivity index (χ1n) is 5.99. The molecule has 15 heavy (non-hydrogen) atoms. The van der Waals surface area contributed by atoms with E-state index in [9.17, 15) is 0 Å². The Hall–Kier alpha value is -0.570. The molecule has 0 saturated heterocycles. The maximum Gasteiger partial charge on any atom is 0.183 e. The van der Waals surface area contributed by atoms with Gasteiger partial charge >= 0.3 is 0 Å². The summed E-state index contributed by atoms with van der Waals surface area (Å²) in [6.07, 6.45) is 6.42. The zero-order chi connectivity index (χ0) is 10.7. The minimum Gasteiger partial charge on any atom is -0.359 e. The van der Waals surface area contributed by atoms with Crippen LogP contribution in [0.2, 0.25) is 0 Å². The van der Waals surface area contributed by atoms with Gasteiger partial charge in [-0.2, -0.15) is 0 Å². The highest BCUT2D eigenvalue weighted by Gasteiger charge is 2.19. The summed E-state index contributed by atoms with van der Waals surface area (Å²) in [5, 5.41) is 6.85. The van der Waals surface area contributed by atoms with Crippen LogP contribution in [0.1, 0.15) is 45.2 Å². The van der Waals surface area contributed by atoms with Gasteiger partial charge in [-0.05, 0) is 25.2 Å². The highest BCUT2D eigenvalue weighted by molar-refractivity contribution is 7.13. The molecule has 2 atom stereocenters. The molecule has 0 bridgehead atoms. The standard InChI is InChI=1S/C12H20N2S/c1-3-10-8-15-12(13-10)14-11-6-4-5-9(2)7-11/h8-9,11H,3-7H2,1-2H3,(H,13,14). The third kappa shape index (κ3) is 2.94. The summed E-state index contributed by atoms with van der Waals surface area (Å²) in [4.78, 5) is 4.56. The molecule has 1 heterocycles. The van der Waals surface area contributed by atoms with E-state index in [1.807, 2.05) is 0 Å². The second-order valence-electron chi connectivity index (χ2n) is 4.61. The molecular formula is C12H20N2S. The summed E-state index contributed by atoms with van der Waals surface area (Å²) < 4.78 is 0. The maximum absolute atomic E-state index is 4.56. The van der Waals surface area contributed by atoms with E-state index in [1.165, 1.54) is 31.4 Å². The van der Waals surface area contributed by atoms with Crippen molar-refractivity contribution in [2.24, 2.45) is 5.92 Å². The van der Waals surface area contributed by atoms with Gasteiger partial charge in [0.25, 0.3) is 0 Å². The fourth-order valence-electron chi connectivity index (χ4n) is 2.28. The molecule has 0 amide bonds. The molecule has 84 valence electrons. The number of aromatic nitrogens is 1. The number of anilines is 1. The third-order valence-corrected chi connectivity index (χ3v) is 4.00. The van der Waals surface area contributed by atoms with Crippen LogP contribution in [0.3, 0.4) is 0 Å². The van der Waals surface area contributed by atoms with Crippen molar-refractivity contribution < 1.29 is 0 Å². The van der Waals surface area contributed by atoms with Gasteiger partial charge in [0.15, 0.2) is 5.13 Å². The molecule has 3 heteroatoms. The van der Waals surface area contributed by atoms with Gasteiger partial charge in [0.2, 0.25) is 0 Å². The van der Waals surface area contributed by atoms with Gasteiger partial charge in [-0.3, -0.25) is 0 Å². The molecule has 1 N–H and O–H groups in total. The lowest BCUT2D eigenvalue weighted by molar-refractivity contribution is 0.358. The van der Waals surface area contributed by atoms with Crippen LogP contribution in [0.25, 0.3) is 0 Å². The fraction of sp³-hybridized carbons (Fsp3) is 0.750. The van der Waals surface area contributed by atoms with Gasteiger partial charge in [-0.1, -0.05) is 26.7 Å². The molecule has 1 aromatic heterocycles. The number of nitrogens with one attached hydrogen (secondary N) is 1. The molecule has 1 aliphatic carbocycles. The Morgan fingerprint density at radius 2 is 2.40 bits per heavy atom. The number of rotatable bonds is 3. The molecule has 0 aliphatic heterocycles. The van der Waals surface area contributed by atoms with Crippen molar-refractivity contribution in [1.82, 2.24) is 4.98 Å². The lowest BCUT2D eigenvalue weighted by Gasteiger charge is -2.27. The van der Waals surface area contributed by atoms with Gasteiger partial charge in [-0.25, -0.2) is 4.98 Å². The van der Waals surface area contributed by atoms with Crippen molar-refractivity contribution in [3.63, 3.8) is 0 Å². The van der Waals surface area contributed by atoms with Crippen LogP contribution in [0, 0.1) is 5.92 Å². The quantitative estimate of drug-likeness (QED) is 0.847. The van der Waals surface area contributed by atoms with Gasteiger partial charge < -0.3 is 5.32 Å². The normalized spacial score (nSPS) is 26.5. The molecular weight excluding hydrogens is 204 g/mol. The molecule has 2 nitrogen and oxygen atoms in total. The summed E-state index contributed by atoms with van der Waals surface area (Å²) in [7, 11) is 0. The Balaban J connectivity index is 1.90. The maximum atomic E-state index is 4.56. The van der Waals surface area contributed by atoms with Gasteiger partial charge in [0.1, 0.15) is 0 Å². The van der Waals surface area contributed by atoms with E-state index in [0.29, 0.717) is 6.04 Å². The number of hydrogen-bond acceptors (Lipinski definition) is 3. The highest BCUT2D eigenvalue weighted by Crippen LogP contribution is 2.27. The zero-order valence-corrected chi connectivity index (χ0v) is 10.4. The van der Waals surface area contributed by atoms with Crippen molar-refractivity contribution >= 4 is 16.5 Å².